The monoisotopic (exact) mass is 438 g/mol. The smallest absolute Gasteiger partial charge is 0.251 e. The van der Waals surface area contributed by atoms with Gasteiger partial charge >= 0.3 is 0 Å². The quantitative estimate of drug-likeness (QED) is 0.573. The van der Waals surface area contributed by atoms with Crippen molar-refractivity contribution in [1.29, 1.82) is 0 Å². The third-order valence-corrected chi connectivity index (χ3v) is 6.37. The van der Waals surface area contributed by atoms with Crippen LogP contribution in [-0.4, -0.2) is 43.1 Å². The van der Waals surface area contributed by atoms with Crippen molar-refractivity contribution in [3.8, 4) is 5.75 Å². The van der Waals surface area contributed by atoms with Gasteiger partial charge in [0.25, 0.3) is 5.91 Å². The largest absolute Gasteiger partial charge is 0.497 e. The number of ether oxygens (including phenoxy) is 2. The SMILES string of the molecule is COc1ccc(C(=O)NC[C@@]23C=C[C@@H](O2)[C@H]2C(=O)N(c4ccc(Cl)cc4)C(=O)[C@@H]23)cc1. The minimum absolute atomic E-state index is 0.0828. The molecule has 0 radical (unpaired) electrons. The number of benzene rings is 2. The van der Waals surface area contributed by atoms with Crippen LogP contribution in [0.2, 0.25) is 5.02 Å². The molecule has 2 fully saturated rings. The van der Waals surface area contributed by atoms with Crippen molar-refractivity contribution in [3.63, 3.8) is 0 Å². The van der Waals surface area contributed by atoms with Gasteiger partial charge in [-0.2, -0.15) is 0 Å². The Balaban J connectivity index is 1.37. The standard InChI is InChI=1S/C23H19ClN2O5/c1-30-16-8-2-13(3-9-16)20(27)25-12-23-11-10-17(31-23)18-19(23)22(29)26(21(18)28)15-6-4-14(24)5-7-15/h2-11,17-19H,12H2,1H3,(H,25,27)/t17-,18-,19-,23-/m1/s1. The van der Waals surface area contributed by atoms with E-state index in [1.54, 1.807) is 67.8 Å². The predicted octanol–water partition coefficient (Wildman–Crippen LogP) is 2.59. The number of fused-ring (bicyclic) bond motifs is 5. The number of amides is 3. The zero-order chi connectivity index (χ0) is 21.8. The molecule has 2 saturated heterocycles. The summed E-state index contributed by atoms with van der Waals surface area (Å²) in [6.45, 7) is 0.0828. The van der Waals surface area contributed by atoms with Crippen LogP contribution >= 0.6 is 11.6 Å². The van der Waals surface area contributed by atoms with E-state index in [9.17, 15) is 14.4 Å². The first-order valence-corrected chi connectivity index (χ1v) is 10.2. The molecule has 2 bridgehead atoms. The molecular weight excluding hydrogens is 420 g/mol. The number of hydrogen-bond acceptors (Lipinski definition) is 5. The second kappa shape index (κ2) is 7.21. The van der Waals surface area contributed by atoms with E-state index in [0.717, 1.165) is 0 Å². The molecule has 5 rings (SSSR count). The molecule has 158 valence electrons. The molecule has 2 aromatic rings. The molecule has 4 atom stereocenters. The molecule has 0 aliphatic carbocycles. The average molecular weight is 439 g/mol. The number of carbonyl (C=O) groups excluding carboxylic acids is 3. The molecule has 7 nitrogen and oxygen atoms in total. The zero-order valence-corrected chi connectivity index (χ0v) is 17.3. The van der Waals surface area contributed by atoms with E-state index in [1.807, 2.05) is 0 Å². The van der Waals surface area contributed by atoms with Gasteiger partial charge in [0.05, 0.1) is 37.3 Å². The van der Waals surface area contributed by atoms with Crippen LogP contribution in [0.25, 0.3) is 0 Å². The van der Waals surface area contributed by atoms with E-state index in [0.29, 0.717) is 22.0 Å². The van der Waals surface area contributed by atoms with Crippen molar-refractivity contribution >= 4 is 35.0 Å². The summed E-state index contributed by atoms with van der Waals surface area (Å²) in [6, 6.07) is 13.3. The van der Waals surface area contributed by atoms with Crippen LogP contribution in [0.5, 0.6) is 5.75 Å². The minimum Gasteiger partial charge on any atom is -0.497 e. The summed E-state index contributed by atoms with van der Waals surface area (Å²) in [7, 11) is 1.55. The second-order valence-corrected chi connectivity index (χ2v) is 8.24. The van der Waals surface area contributed by atoms with Crippen LogP contribution in [0.1, 0.15) is 10.4 Å². The van der Waals surface area contributed by atoms with Gasteiger partial charge < -0.3 is 14.8 Å². The average Bonchev–Trinajstić information content (AvgIpc) is 3.43. The maximum atomic E-state index is 13.3. The number of carbonyl (C=O) groups is 3. The van der Waals surface area contributed by atoms with Crippen molar-refractivity contribution in [3.05, 3.63) is 71.3 Å². The number of nitrogens with zero attached hydrogens (tertiary/aromatic N) is 1. The van der Waals surface area contributed by atoms with Crippen LogP contribution in [-0.2, 0) is 14.3 Å². The Morgan fingerprint density at radius 2 is 1.84 bits per heavy atom. The molecule has 3 aliphatic rings. The van der Waals surface area contributed by atoms with E-state index in [2.05, 4.69) is 5.32 Å². The third kappa shape index (κ3) is 3.04. The fraction of sp³-hybridized carbons (Fsp3) is 0.261. The molecule has 3 aliphatic heterocycles. The lowest BCUT2D eigenvalue weighted by Crippen LogP contribution is -2.48. The second-order valence-electron chi connectivity index (χ2n) is 7.80. The number of imide groups is 1. The first-order valence-electron chi connectivity index (χ1n) is 9.86. The molecule has 31 heavy (non-hydrogen) atoms. The van der Waals surface area contributed by atoms with E-state index < -0.39 is 23.5 Å². The lowest BCUT2D eigenvalue weighted by molar-refractivity contribution is -0.126. The highest BCUT2D eigenvalue weighted by Crippen LogP contribution is 2.52. The summed E-state index contributed by atoms with van der Waals surface area (Å²) < 4.78 is 11.2. The van der Waals surface area contributed by atoms with Gasteiger partial charge in [0, 0.05) is 10.6 Å². The summed E-state index contributed by atoms with van der Waals surface area (Å²) in [5.41, 5.74) is -0.113. The minimum atomic E-state index is -1.05. The Hall–Kier alpha value is -3.16. The van der Waals surface area contributed by atoms with Crippen LogP contribution in [0.3, 0.4) is 0 Å². The molecule has 0 aromatic heterocycles. The number of rotatable bonds is 5. The Morgan fingerprint density at radius 1 is 1.13 bits per heavy atom. The highest BCUT2D eigenvalue weighted by molar-refractivity contribution is 6.31. The molecule has 3 heterocycles. The van der Waals surface area contributed by atoms with Gasteiger partial charge in [0.2, 0.25) is 11.8 Å². The van der Waals surface area contributed by atoms with Crippen LogP contribution < -0.4 is 15.0 Å². The van der Waals surface area contributed by atoms with Gasteiger partial charge in [0.1, 0.15) is 11.4 Å². The lowest BCUT2D eigenvalue weighted by Gasteiger charge is -2.29. The molecule has 8 heteroatoms. The number of hydrogen-bond donors (Lipinski definition) is 1. The summed E-state index contributed by atoms with van der Waals surface area (Å²) in [5.74, 6) is -1.57. The topological polar surface area (TPSA) is 84.9 Å². The Labute approximate surface area is 183 Å². The first kappa shape index (κ1) is 19.8. The summed E-state index contributed by atoms with van der Waals surface area (Å²) in [4.78, 5) is 40.2. The van der Waals surface area contributed by atoms with Crippen LogP contribution in [0, 0.1) is 11.8 Å². The predicted molar refractivity (Wildman–Crippen MR) is 113 cm³/mol. The zero-order valence-electron chi connectivity index (χ0n) is 16.6. The van der Waals surface area contributed by atoms with Crippen molar-refractivity contribution in [2.24, 2.45) is 11.8 Å². The normalized spacial score (nSPS) is 28.2. The number of halogens is 1. The summed E-state index contributed by atoms with van der Waals surface area (Å²) in [5, 5.41) is 3.37. The third-order valence-electron chi connectivity index (χ3n) is 6.12. The van der Waals surface area contributed by atoms with Crippen molar-refractivity contribution < 1.29 is 23.9 Å². The van der Waals surface area contributed by atoms with Crippen molar-refractivity contribution in [2.45, 2.75) is 11.7 Å². The fourth-order valence-electron chi connectivity index (χ4n) is 4.61. The van der Waals surface area contributed by atoms with Crippen LogP contribution in [0.4, 0.5) is 5.69 Å². The Morgan fingerprint density at radius 3 is 2.52 bits per heavy atom. The van der Waals surface area contributed by atoms with E-state index in [-0.39, 0.29) is 24.3 Å². The van der Waals surface area contributed by atoms with Gasteiger partial charge in [-0.3, -0.25) is 14.4 Å². The van der Waals surface area contributed by atoms with Gasteiger partial charge in [-0.05, 0) is 48.5 Å². The molecule has 0 spiro atoms. The van der Waals surface area contributed by atoms with Gasteiger partial charge in [-0.1, -0.05) is 23.8 Å². The maximum absolute atomic E-state index is 13.3. The van der Waals surface area contributed by atoms with Crippen molar-refractivity contribution in [2.75, 3.05) is 18.6 Å². The summed E-state index contributed by atoms with van der Waals surface area (Å²) in [6.07, 6.45) is 3.11. The highest BCUT2D eigenvalue weighted by Gasteiger charge is 2.67. The van der Waals surface area contributed by atoms with Crippen LogP contribution in [0.15, 0.2) is 60.7 Å². The molecular formula is C23H19ClN2O5. The molecule has 3 amide bonds. The molecule has 0 saturated carbocycles. The number of nitrogens with one attached hydrogen (secondary N) is 1. The summed E-state index contributed by atoms with van der Waals surface area (Å²) >= 11 is 5.94. The molecule has 0 unspecified atom stereocenters. The van der Waals surface area contributed by atoms with Gasteiger partial charge in [-0.25, -0.2) is 4.90 Å². The van der Waals surface area contributed by atoms with E-state index >= 15 is 0 Å². The number of anilines is 1. The first-order chi connectivity index (χ1) is 14.9. The highest BCUT2D eigenvalue weighted by atomic mass is 35.5. The van der Waals surface area contributed by atoms with E-state index in [4.69, 9.17) is 21.1 Å². The number of methoxy groups -OCH3 is 1. The molecule has 1 N–H and O–H groups in total. The Bertz CT molecular complexity index is 1100. The molecule has 2 aromatic carbocycles. The maximum Gasteiger partial charge on any atom is 0.251 e. The lowest BCUT2D eigenvalue weighted by atomic mass is 9.77. The van der Waals surface area contributed by atoms with Crippen molar-refractivity contribution in [1.82, 2.24) is 5.32 Å². The van der Waals surface area contributed by atoms with E-state index in [1.165, 1.54) is 4.90 Å². The Kier molecular flexibility index (Phi) is 4.60. The van der Waals surface area contributed by atoms with Gasteiger partial charge in [0.15, 0.2) is 0 Å². The fourth-order valence-corrected chi connectivity index (χ4v) is 4.74. The van der Waals surface area contributed by atoms with Gasteiger partial charge in [-0.15, -0.1) is 0 Å².